The van der Waals surface area contributed by atoms with Crippen LogP contribution in [0.3, 0.4) is 0 Å². The number of nitrogens with zero attached hydrogens (tertiary/aromatic N) is 2. The molecule has 7 aromatic rings. The molecular weight excluding hydrogens is 522 g/mol. The number of fused-ring (bicyclic) bond motifs is 3. The minimum Gasteiger partial charge on any atom is -0.309 e. The van der Waals surface area contributed by atoms with Crippen molar-refractivity contribution in [2.24, 2.45) is 4.99 Å². The van der Waals surface area contributed by atoms with Crippen molar-refractivity contribution in [2.75, 3.05) is 0 Å². The summed E-state index contributed by atoms with van der Waals surface area (Å²) in [6.07, 6.45) is 4.07. The summed E-state index contributed by atoms with van der Waals surface area (Å²) in [4.78, 5) is 4.70. The molecule has 0 saturated heterocycles. The van der Waals surface area contributed by atoms with E-state index < -0.39 is 0 Å². The number of rotatable bonds is 6. The SMILES string of the molecule is N=C(N=C(/C=C/c1cccc(-c2ccc(-n3c4ccccc4c4ccccc43)cc2)c1)c1ccccc1)c1ccccc1. The quantitative estimate of drug-likeness (QED) is 0.158. The molecule has 43 heavy (non-hydrogen) atoms. The first-order chi connectivity index (χ1) is 21.2. The highest BCUT2D eigenvalue weighted by Crippen LogP contribution is 2.32. The van der Waals surface area contributed by atoms with Gasteiger partial charge in [0.25, 0.3) is 0 Å². The van der Waals surface area contributed by atoms with E-state index in [1.165, 1.54) is 21.8 Å². The van der Waals surface area contributed by atoms with Gasteiger partial charge in [0.05, 0.1) is 16.7 Å². The average molecular weight is 552 g/mol. The first kappa shape index (κ1) is 26.1. The van der Waals surface area contributed by atoms with E-state index in [2.05, 4.69) is 108 Å². The van der Waals surface area contributed by atoms with Gasteiger partial charge in [-0.15, -0.1) is 0 Å². The summed E-state index contributed by atoms with van der Waals surface area (Å²) in [6.45, 7) is 0. The number of hydrogen-bond acceptors (Lipinski definition) is 1. The van der Waals surface area contributed by atoms with Crippen LogP contribution < -0.4 is 0 Å². The molecule has 0 unspecified atom stereocenters. The average Bonchev–Trinajstić information content (AvgIpc) is 3.42. The molecule has 1 N–H and O–H groups in total. The van der Waals surface area contributed by atoms with Gasteiger partial charge in [0.1, 0.15) is 0 Å². The van der Waals surface area contributed by atoms with E-state index in [0.29, 0.717) is 0 Å². The van der Waals surface area contributed by atoms with Crippen LogP contribution in [0, 0.1) is 5.41 Å². The lowest BCUT2D eigenvalue weighted by atomic mass is 10.0. The molecule has 6 aromatic carbocycles. The van der Waals surface area contributed by atoms with Gasteiger partial charge in [-0.1, -0.05) is 133 Å². The molecule has 0 radical (unpaired) electrons. The van der Waals surface area contributed by atoms with Crippen LogP contribution in [0.2, 0.25) is 0 Å². The Bertz CT molecular complexity index is 2060. The van der Waals surface area contributed by atoms with E-state index in [1.54, 1.807) is 0 Å². The van der Waals surface area contributed by atoms with Crippen molar-refractivity contribution in [3.8, 4) is 16.8 Å². The van der Waals surface area contributed by atoms with E-state index in [4.69, 9.17) is 10.4 Å². The normalized spacial score (nSPS) is 11.9. The molecule has 3 nitrogen and oxygen atoms in total. The lowest BCUT2D eigenvalue weighted by Gasteiger charge is -2.10. The molecule has 0 aliphatic carbocycles. The maximum Gasteiger partial charge on any atom is 0.152 e. The number of aromatic nitrogens is 1. The van der Waals surface area contributed by atoms with Gasteiger partial charge < -0.3 is 4.57 Å². The topological polar surface area (TPSA) is 41.1 Å². The van der Waals surface area contributed by atoms with Gasteiger partial charge in [0.2, 0.25) is 0 Å². The van der Waals surface area contributed by atoms with E-state index in [1.807, 2.05) is 66.7 Å². The number of aliphatic imine (C=N–C) groups is 1. The number of amidine groups is 1. The molecule has 1 heterocycles. The van der Waals surface area contributed by atoms with Crippen molar-refractivity contribution in [1.29, 1.82) is 5.41 Å². The van der Waals surface area contributed by atoms with E-state index >= 15 is 0 Å². The van der Waals surface area contributed by atoms with Crippen molar-refractivity contribution < 1.29 is 0 Å². The molecule has 0 fully saturated rings. The van der Waals surface area contributed by atoms with E-state index in [0.717, 1.165) is 39.2 Å². The zero-order valence-electron chi connectivity index (χ0n) is 23.6. The Morgan fingerprint density at radius 3 is 1.77 bits per heavy atom. The molecular formula is C40H29N3. The molecule has 0 bridgehead atoms. The maximum absolute atomic E-state index is 8.57. The van der Waals surface area contributed by atoms with Crippen LogP contribution in [-0.4, -0.2) is 16.1 Å². The summed E-state index contributed by atoms with van der Waals surface area (Å²) in [7, 11) is 0. The van der Waals surface area contributed by atoms with Crippen molar-refractivity contribution in [3.63, 3.8) is 0 Å². The highest BCUT2D eigenvalue weighted by atomic mass is 15.0. The molecule has 0 amide bonds. The zero-order valence-corrected chi connectivity index (χ0v) is 23.6. The second-order valence-corrected chi connectivity index (χ2v) is 10.5. The fraction of sp³-hybridized carbons (Fsp3) is 0. The van der Waals surface area contributed by atoms with Crippen molar-refractivity contribution in [3.05, 3.63) is 180 Å². The van der Waals surface area contributed by atoms with Crippen LogP contribution in [0.15, 0.2) is 169 Å². The first-order valence-corrected chi connectivity index (χ1v) is 14.4. The number of nitrogens with one attached hydrogen (secondary N) is 1. The molecule has 3 heteroatoms. The van der Waals surface area contributed by atoms with Gasteiger partial charge in [-0.25, -0.2) is 4.99 Å². The molecule has 7 rings (SSSR count). The van der Waals surface area contributed by atoms with Gasteiger partial charge >= 0.3 is 0 Å². The molecule has 1 aromatic heterocycles. The summed E-state index contributed by atoms with van der Waals surface area (Å²) in [5.41, 5.74) is 9.43. The molecule has 0 aliphatic rings. The Kier molecular flexibility index (Phi) is 7.04. The number of hydrogen-bond donors (Lipinski definition) is 1. The molecule has 204 valence electrons. The largest absolute Gasteiger partial charge is 0.309 e. The third kappa shape index (κ3) is 5.32. The monoisotopic (exact) mass is 551 g/mol. The lowest BCUT2D eigenvalue weighted by molar-refractivity contribution is 1.18. The lowest BCUT2D eigenvalue weighted by Crippen LogP contribution is -2.03. The number of allylic oxidation sites excluding steroid dienone is 1. The predicted molar refractivity (Wildman–Crippen MR) is 182 cm³/mol. The molecule has 0 saturated carbocycles. The number of benzene rings is 6. The van der Waals surface area contributed by atoms with Crippen LogP contribution in [0.1, 0.15) is 16.7 Å². The standard InChI is InChI=1S/C40H29N3/c41-40(32-15-5-2-6-16-32)42-37(31-13-3-1-4-14-31)27-22-29-12-11-17-33(28-29)30-23-25-34(26-24-30)43-38-20-9-7-18-35(38)36-19-8-10-21-39(36)43/h1-28,41H/b27-22+,41-40?,42-37?. The smallest absolute Gasteiger partial charge is 0.152 e. The molecule has 0 spiro atoms. The minimum atomic E-state index is 0.237. The van der Waals surface area contributed by atoms with Gasteiger partial charge in [-0.05, 0) is 53.1 Å². The third-order valence-electron chi connectivity index (χ3n) is 7.71. The van der Waals surface area contributed by atoms with Crippen molar-refractivity contribution in [2.45, 2.75) is 0 Å². The Balaban J connectivity index is 1.20. The van der Waals surface area contributed by atoms with Crippen LogP contribution in [0.25, 0.3) is 44.7 Å². The second-order valence-electron chi connectivity index (χ2n) is 10.5. The maximum atomic E-state index is 8.57. The summed E-state index contributed by atoms with van der Waals surface area (Å²) >= 11 is 0. The van der Waals surface area contributed by atoms with E-state index in [-0.39, 0.29) is 5.84 Å². The Hall–Kier alpha value is -5.80. The summed E-state index contributed by atoms with van der Waals surface area (Å²) in [5.74, 6) is 0.237. The number of para-hydroxylation sites is 2. The van der Waals surface area contributed by atoms with Crippen LogP contribution in [0.4, 0.5) is 0 Å². The summed E-state index contributed by atoms with van der Waals surface area (Å²) in [6, 6.07) is 54.1. The zero-order chi connectivity index (χ0) is 29.0. The van der Waals surface area contributed by atoms with Crippen molar-refractivity contribution >= 4 is 39.4 Å². The van der Waals surface area contributed by atoms with Gasteiger partial charge in [-0.3, -0.25) is 5.41 Å². The molecule has 0 aliphatic heterocycles. The highest BCUT2D eigenvalue weighted by molar-refractivity contribution is 6.17. The van der Waals surface area contributed by atoms with E-state index in [9.17, 15) is 0 Å². The van der Waals surface area contributed by atoms with Gasteiger partial charge in [0.15, 0.2) is 5.84 Å². The summed E-state index contributed by atoms with van der Waals surface area (Å²) in [5, 5.41) is 11.1. The minimum absolute atomic E-state index is 0.237. The second kappa shape index (κ2) is 11.6. The Labute approximate surface area is 251 Å². The van der Waals surface area contributed by atoms with Gasteiger partial charge in [-0.2, -0.15) is 0 Å². The van der Waals surface area contributed by atoms with Crippen LogP contribution >= 0.6 is 0 Å². The van der Waals surface area contributed by atoms with Crippen LogP contribution in [0.5, 0.6) is 0 Å². The Morgan fingerprint density at radius 2 is 1.12 bits per heavy atom. The predicted octanol–water partition coefficient (Wildman–Crippen LogP) is 9.98. The van der Waals surface area contributed by atoms with Gasteiger partial charge in [0, 0.05) is 27.6 Å². The fourth-order valence-electron chi connectivity index (χ4n) is 5.59. The van der Waals surface area contributed by atoms with Crippen molar-refractivity contribution in [1.82, 2.24) is 4.57 Å². The summed E-state index contributed by atoms with van der Waals surface area (Å²) < 4.78 is 2.34. The fourth-order valence-corrected chi connectivity index (χ4v) is 5.59. The Morgan fingerprint density at radius 1 is 0.535 bits per heavy atom. The molecule has 0 atom stereocenters. The highest BCUT2D eigenvalue weighted by Gasteiger charge is 2.11. The van der Waals surface area contributed by atoms with Crippen LogP contribution in [-0.2, 0) is 0 Å². The third-order valence-corrected chi connectivity index (χ3v) is 7.71. The first-order valence-electron chi connectivity index (χ1n) is 14.4.